The predicted molar refractivity (Wildman–Crippen MR) is 93.4 cm³/mol. The van der Waals surface area contributed by atoms with Gasteiger partial charge in [-0.3, -0.25) is 9.59 Å². The zero-order valence-electron chi connectivity index (χ0n) is 12.2. The third kappa shape index (κ3) is 3.75. The fourth-order valence-corrected chi connectivity index (χ4v) is 4.35. The minimum absolute atomic E-state index is 0.0237. The normalized spacial score (nSPS) is 10.6. The summed E-state index contributed by atoms with van der Waals surface area (Å²) < 4.78 is 0. The lowest BCUT2D eigenvalue weighted by Crippen LogP contribution is -2.02. The maximum atomic E-state index is 12.5. The average molecular weight is 342 g/mol. The Bertz CT molecular complexity index is 817. The summed E-state index contributed by atoms with van der Waals surface area (Å²) in [6.45, 7) is 0. The van der Waals surface area contributed by atoms with E-state index in [-0.39, 0.29) is 12.2 Å². The van der Waals surface area contributed by atoms with E-state index in [1.54, 1.807) is 17.4 Å². The summed E-state index contributed by atoms with van der Waals surface area (Å²) in [6, 6.07) is 15.2. The first-order valence-electron chi connectivity index (χ1n) is 7.09. The molecular formula is C18H14O3S2. The molecular weight excluding hydrogens is 328 g/mol. The van der Waals surface area contributed by atoms with E-state index in [1.165, 1.54) is 11.3 Å². The second-order valence-electron chi connectivity index (χ2n) is 5.10. The number of hydrogen-bond donors (Lipinski definition) is 1. The number of ketones is 1. The molecule has 1 N–H and O–H groups in total. The van der Waals surface area contributed by atoms with Gasteiger partial charge in [0.15, 0.2) is 5.78 Å². The topological polar surface area (TPSA) is 54.4 Å². The Morgan fingerprint density at radius 2 is 1.78 bits per heavy atom. The minimum atomic E-state index is -0.886. The van der Waals surface area contributed by atoms with Crippen molar-refractivity contribution >= 4 is 34.4 Å². The number of aliphatic carboxylic acids is 1. The van der Waals surface area contributed by atoms with E-state index in [2.05, 4.69) is 0 Å². The number of hydrogen-bond acceptors (Lipinski definition) is 4. The lowest BCUT2D eigenvalue weighted by Gasteiger charge is -1.98. The minimum Gasteiger partial charge on any atom is -0.481 e. The second-order valence-corrected chi connectivity index (χ2v) is 7.10. The Morgan fingerprint density at radius 1 is 1.00 bits per heavy atom. The van der Waals surface area contributed by atoms with Crippen LogP contribution in [-0.2, 0) is 17.6 Å². The molecule has 0 radical (unpaired) electrons. The van der Waals surface area contributed by atoms with Crippen molar-refractivity contribution in [2.24, 2.45) is 0 Å². The van der Waals surface area contributed by atoms with Crippen LogP contribution in [0.2, 0.25) is 0 Å². The van der Waals surface area contributed by atoms with Crippen molar-refractivity contribution in [2.45, 2.75) is 12.8 Å². The van der Waals surface area contributed by atoms with E-state index in [9.17, 15) is 9.59 Å². The van der Waals surface area contributed by atoms with Gasteiger partial charge in [0.2, 0.25) is 0 Å². The van der Waals surface area contributed by atoms with Crippen LogP contribution in [0.4, 0.5) is 0 Å². The molecule has 3 rings (SSSR count). The summed E-state index contributed by atoms with van der Waals surface area (Å²) in [5.41, 5.74) is 1.67. The van der Waals surface area contributed by atoms with Crippen LogP contribution in [0, 0.1) is 0 Å². The van der Waals surface area contributed by atoms with Gasteiger partial charge in [0.25, 0.3) is 0 Å². The van der Waals surface area contributed by atoms with E-state index >= 15 is 0 Å². The Balaban J connectivity index is 1.90. The molecule has 0 unspecified atom stereocenters. The number of carboxylic acid groups (broad SMARTS) is 1. The van der Waals surface area contributed by atoms with E-state index in [1.807, 2.05) is 47.8 Å². The summed E-state index contributed by atoms with van der Waals surface area (Å²) in [5.74, 6) is -0.863. The maximum absolute atomic E-state index is 12.5. The number of carbonyl (C=O) groups excluding carboxylic acids is 1. The molecule has 0 amide bonds. The van der Waals surface area contributed by atoms with Crippen molar-refractivity contribution in [2.75, 3.05) is 0 Å². The molecule has 0 aliphatic heterocycles. The van der Waals surface area contributed by atoms with Crippen molar-refractivity contribution in [3.63, 3.8) is 0 Å². The van der Waals surface area contributed by atoms with Gasteiger partial charge in [-0.25, -0.2) is 0 Å². The zero-order valence-corrected chi connectivity index (χ0v) is 13.8. The van der Waals surface area contributed by atoms with Gasteiger partial charge in [0, 0.05) is 16.2 Å². The summed E-state index contributed by atoms with van der Waals surface area (Å²) in [7, 11) is 0. The first-order chi connectivity index (χ1) is 11.1. The largest absolute Gasteiger partial charge is 0.481 e. The quantitative estimate of drug-likeness (QED) is 0.670. The van der Waals surface area contributed by atoms with Crippen LogP contribution in [0.1, 0.15) is 20.8 Å². The van der Waals surface area contributed by atoms with Crippen LogP contribution in [0.25, 0.3) is 9.75 Å². The van der Waals surface area contributed by atoms with Gasteiger partial charge in [0.05, 0.1) is 11.3 Å². The van der Waals surface area contributed by atoms with E-state index in [0.29, 0.717) is 16.9 Å². The number of rotatable bonds is 6. The smallest absolute Gasteiger partial charge is 0.307 e. The molecule has 2 heterocycles. The van der Waals surface area contributed by atoms with Gasteiger partial charge in [-0.2, -0.15) is 0 Å². The Hall–Kier alpha value is -2.24. The molecule has 0 atom stereocenters. The van der Waals surface area contributed by atoms with Gasteiger partial charge in [0.1, 0.15) is 0 Å². The van der Waals surface area contributed by atoms with Gasteiger partial charge >= 0.3 is 5.97 Å². The molecule has 3 aromatic rings. The SMILES string of the molecule is O=C(O)Cc1cc(C(=O)Cc2ccccc2)sc1-c1cccs1. The highest BCUT2D eigenvalue weighted by molar-refractivity contribution is 7.22. The Morgan fingerprint density at radius 3 is 2.43 bits per heavy atom. The van der Waals surface area contributed by atoms with Gasteiger partial charge in [-0.15, -0.1) is 22.7 Å². The maximum Gasteiger partial charge on any atom is 0.307 e. The number of benzene rings is 1. The van der Waals surface area contributed by atoms with Crippen LogP contribution in [0.3, 0.4) is 0 Å². The highest BCUT2D eigenvalue weighted by Crippen LogP contribution is 2.36. The van der Waals surface area contributed by atoms with Crippen LogP contribution in [0.5, 0.6) is 0 Å². The van der Waals surface area contributed by atoms with Crippen molar-refractivity contribution in [3.8, 4) is 9.75 Å². The number of carbonyl (C=O) groups is 2. The van der Waals surface area contributed by atoms with Crippen LogP contribution < -0.4 is 0 Å². The molecule has 2 aromatic heterocycles. The zero-order chi connectivity index (χ0) is 16.2. The number of Topliss-reactive ketones (excluding diaryl/α,β-unsaturated/α-hetero) is 1. The molecule has 0 saturated heterocycles. The van der Waals surface area contributed by atoms with Crippen molar-refractivity contribution in [3.05, 3.63) is 69.9 Å². The van der Waals surface area contributed by atoms with E-state index in [4.69, 9.17) is 5.11 Å². The van der Waals surface area contributed by atoms with Gasteiger partial charge in [-0.05, 0) is 28.6 Å². The van der Waals surface area contributed by atoms with Crippen molar-refractivity contribution < 1.29 is 14.7 Å². The molecule has 116 valence electrons. The van der Waals surface area contributed by atoms with Crippen molar-refractivity contribution in [1.82, 2.24) is 0 Å². The Kier molecular flexibility index (Phi) is 4.69. The van der Waals surface area contributed by atoms with Crippen molar-refractivity contribution in [1.29, 1.82) is 0 Å². The first kappa shape index (κ1) is 15.6. The van der Waals surface area contributed by atoms with E-state index in [0.717, 1.165) is 15.3 Å². The molecule has 1 aromatic carbocycles. The van der Waals surface area contributed by atoms with Crippen LogP contribution >= 0.6 is 22.7 Å². The fraction of sp³-hybridized carbons (Fsp3) is 0.111. The fourth-order valence-electron chi connectivity index (χ4n) is 2.35. The summed E-state index contributed by atoms with van der Waals surface area (Å²) in [4.78, 5) is 26.1. The molecule has 0 fully saturated rings. The van der Waals surface area contributed by atoms with Crippen LogP contribution in [-0.4, -0.2) is 16.9 Å². The molecule has 0 bridgehead atoms. The summed E-state index contributed by atoms with van der Waals surface area (Å²) >= 11 is 2.94. The third-order valence-corrected chi connectivity index (χ3v) is 5.65. The molecule has 3 nitrogen and oxygen atoms in total. The first-order valence-corrected chi connectivity index (χ1v) is 8.78. The standard InChI is InChI=1S/C18H14O3S2/c19-14(9-12-5-2-1-3-6-12)16-10-13(11-17(20)21)18(23-16)15-7-4-8-22-15/h1-8,10H,9,11H2,(H,20,21). The molecule has 0 aliphatic carbocycles. The van der Waals surface area contributed by atoms with Crippen LogP contribution in [0.15, 0.2) is 53.9 Å². The molecule has 5 heteroatoms. The molecule has 0 spiro atoms. The number of carboxylic acids is 1. The molecule has 23 heavy (non-hydrogen) atoms. The molecule has 0 aliphatic rings. The Labute approximate surface area is 141 Å². The van der Waals surface area contributed by atoms with E-state index < -0.39 is 5.97 Å². The van der Waals surface area contributed by atoms with Gasteiger partial charge < -0.3 is 5.11 Å². The monoisotopic (exact) mass is 342 g/mol. The lowest BCUT2D eigenvalue weighted by atomic mass is 10.1. The predicted octanol–water partition coefficient (Wildman–Crippen LogP) is 4.53. The highest BCUT2D eigenvalue weighted by Gasteiger charge is 2.18. The number of thiophene rings is 2. The second kappa shape index (κ2) is 6.89. The summed E-state index contributed by atoms with van der Waals surface area (Å²) in [5, 5.41) is 11.0. The summed E-state index contributed by atoms with van der Waals surface area (Å²) in [6.07, 6.45) is 0.264. The molecule has 0 saturated carbocycles. The average Bonchev–Trinajstić information content (AvgIpc) is 3.16. The van der Waals surface area contributed by atoms with Gasteiger partial charge in [-0.1, -0.05) is 36.4 Å². The highest BCUT2D eigenvalue weighted by atomic mass is 32.1. The lowest BCUT2D eigenvalue weighted by molar-refractivity contribution is -0.136. The third-order valence-electron chi connectivity index (χ3n) is 3.38.